The van der Waals surface area contributed by atoms with Crippen LogP contribution in [-0.2, 0) is 6.42 Å². The second-order valence-corrected chi connectivity index (χ2v) is 4.27. The molecule has 0 saturated heterocycles. The highest BCUT2D eigenvalue weighted by Gasteiger charge is 2.12. The molecule has 5 nitrogen and oxygen atoms in total. The maximum atomic E-state index is 5.92. The summed E-state index contributed by atoms with van der Waals surface area (Å²) in [4.78, 5) is 8.18. The van der Waals surface area contributed by atoms with Gasteiger partial charge in [-0.2, -0.15) is 4.98 Å². The van der Waals surface area contributed by atoms with Crippen molar-refractivity contribution in [2.45, 2.75) is 6.42 Å². The van der Waals surface area contributed by atoms with Gasteiger partial charge in [-0.1, -0.05) is 23.7 Å². The number of halogens is 1. The van der Waals surface area contributed by atoms with Gasteiger partial charge in [0.05, 0.1) is 5.69 Å². The van der Waals surface area contributed by atoms with E-state index in [9.17, 15) is 0 Å². The van der Waals surface area contributed by atoms with E-state index in [0.717, 1.165) is 16.8 Å². The second kappa shape index (κ2) is 5.20. The Morgan fingerprint density at radius 1 is 1.06 bits per heavy atom. The van der Waals surface area contributed by atoms with E-state index in [1.54, 1.807) is 12.1 Å². The lowest BCUT2D eigenvalue weighted by molar-refractivity contribution is 0.919. The molecule has 18 heavy (non-hydrogen) atoms. The molecule has 0 saturated carbocycles. The summed E-state index contributed by atoms with van der Waals surface area (Å²) < 4.78 is 0. The fraction of sp³-hybridized carbons (Fsp3) is 0.167. The molecule has 2 aromatic rings. The minimum atomic E-state index is 0.161. The van der Waals surface area contributed by atoms with Crippen LogP contribution in [0.3, 0.4) is 0 Å². The van der Waals surface area contributed by atoms with Gasteiger partial charge in [0.15, 0.2) is 0 Å². The molecule has 0 amide bonds. The molecule has 0 aliphatic heterocycles. The van der Waals surface area contributed by atoms with Crippen LogP contribution in [0.2, 0.25) is 5.02 Å². The van der Waals surface area contributed by atoms with Crippen molar-refractivity contribution in [2.24, 2.45) is 5.73 Å². The molecule has 1 aromatic heterocycles. The quantitative estimate of drug-likeness (QED) is 0.778. The van der Waals surface area contributed by atoms with Crippen molar-refractivity contribution in [3.63, 3.8) is 0 Å². The second-order valence-electron chi connectivity index (χ2n) is 3.83. The zero-order chi connectivity index (χ0) is 13.1. The molecule has 0 aliphatic carbocycles. The Hall–Kier alpha value is -1.85. The van der Waals surface area contributed by atoms with E-state index in [0.29, 0.717) is 23.8 Å². The Morgan fingerprint density at radius 3 is 2.33 bits per heavy atom. The minimum Gasteiger partial charge on any atom is -0.383 e. The van der Waals surface area contributed by atoms with E-state index in [2.05, 4.69) is 9.97 Å². The van der Waals surface area contributed by atoms with Gasteiger partial charge in [0.1, 0.15) is 5.82 Å². The number of rotatable bonds is 3. The van der Waals surface area contributed by atoms with Crippen LogP contribution in [0.4, 0.5) is 11.8 Å². The largest absolute Gasteiger partial charge is 0.383 e. The average Bonchev–Trinajstić information content (AvgIpc) is 2.31. The van der Waals surface area contributed by atoms with E-state index < -0.39 is 0 Å². The summed E-state index contributed by atoms with van der Waals surface area (Å²) in [7, 11) is 0. The van der Waals surface area contributed by atoms with Gasteiger partial charge in [0, 0.05) is 17.0 Å². The normalized spacial score (nSPS) is 10.6. The lowest BCUT2D eigenvalue weighted by atomic mass is 10.0. The zero-order valence-electron chi connectivity index (χ0n) is 9.73. The number of anilines is 2. The molecule has 0 bridgehead atoms. The highest BCUT2D eigenvalue weighted by atomic mass is 35.5. The average molecular weight is 264 g/mol. The summed E-state index contributed by atoms with van der Waals surface area (Å²) in [5.41, 5.74) is 19.5. The van der Waals surface area contributed by atoms with Crippen molar-refractivity contribution in [1.29, 1.82) is 0 Å². The van der Waals surface area contributed by atoms with Gasteiger partial charge in [-0.15, -0.1) is 0 Å². The molecule has 2 rings (SSSR count). The van der Waals surface area contributed by atoms with Gasteiger partial charge in [-0.3, -0.25) is 0 Å². The predicted molar refractivity (Wildman–Crippen MR) is 74.1 cm³/mol. The molecule has 1 heterocycles. The molecule has 0 aliphatic rings. The predicted octanol–water partition coefficient (Wildman–Crippen LogP) is 1.46. The first-order valence-corrected chi connectivity index (χ1v) is 5.87. The van der Waals surface area contributed by atoms with Gasteiger partial charge in [-0.05, 0) is 24.2 Å². The summed E-state index contributed by atoms with van der Waals surface area (Å²) in [5.74, 6) is 0.516. The first kappa shape index (κ1) is 12.6. The monoisotopic (exact) mass is 263 g/mol. The molecule has 0 spiro atoms. The van der Waals surface area contributed by atoms with E-state index >= 15 is 0 Å². The van der Waals surface area contributed by atoms with Gasteiger partial charge in [-0.25, -0.2) is 4.98 Å². The summed E-state index contributed by atoms with van der Waals surface area (Å²) in [6.45, 7) is 0.469. The van der Waals surface area contributed by atoms with Crippen LogP contribution in [0.5, 0.6) is 0 Å². The zero-order valence-corrected chi connectivity index (χ0v) is 10.5. The number of nitrogens with two attached hydrogens (primary N) is 3. The number of aromatic nitrogens is 2. The number of hydrogen-bond donors (Lipinski definition) is 3. The van der Waals surface area contributed by atoms with Crippen LogP contribution >= 0.6 is 11.6 Å². The van der Waals surface area contributed by atoms with Crippen LogP contribution in [0, 0.1) is 0 Å². The first-order valence-electron chi connectivity index (χ1n) is 5.49. The molecule has 0 fully saturated rings. The van der Waals surface area contributed by atoms with Crippen molar-refractivity contribution in [2.75, 3.05) is 18.0 Å². The molecule has 94 valence electrons. The number of nitrogen functional groups attached to an aromatic ring is 2. The van der Waals surface area contributed by atoms with E-state index in [-0.39, 0.29) is 5.95 Å². The van der Waals surface area contributed by atoms with Gasteiger partial charge in [0.2, 0.25) is 5.95 Å². The fourth-order valence-corrected chi connectivity index (χ4v) is 1.92. The van der Waals surface area contributed by atoms with Crippen LogP contribution in [0.25, 0.3) is 11.1 Å². The topological polar surface area (TPSA) is 104 Å². The molecule has 0 atom stereocenters. The number of benzene rings is 1. The molecule has 6 heteroatoms. The van der Waals surface area contributed by atoms with E-state index in [1.807, 2.05) is 12.1 Å². The summed E-state index contributed by atoms with van der Waals surface area (Å²) >= 11 is 5.86. The summed E-state index contributed by atoms with van der Waals surface area (Å²) in [5, 5.41) is 0.661. The van der Waals surface area contributed by atoms with Crippen LogP contribution in [-0.4, -0.2) is 16.5 Å². The first-order chi connectivity index (χ1) is 8.61. The molecule has 6 N–H and O–H groups in total. The smallest absolute Gasteiger partial charge is 0.222 e. The van der Waals surface area contributed by atoms with Gasteiger partial charge < -0.3 is 17.2 Å². The maximum Gasteiger partial charge on any atom is 0.222 e. The van der Waals surface area contributed by atoms with Gasteiger partial charge >= 0.3 is 0 Å². The third kappa shape index (κ3) is 2.52. The minimum absolute atomic E-state index is 0.161. The molecule has 0 radical (unpaired) electrons. The van der Waals surface area contributed by atoms with Crippen molar-refractivity contribution in [1.82, 2.24) is 9.97 Å². The SMILES string of the molecule is NCCc1nc(N)nc(N)c1-c1ccc(Cl)cc1. The Labute approximate surface area is 110 Å². The Bertz CT molecular complexity index is 553. The summed E-state index contributed by atoms with van der Waals surface area (Å²) in [6, 6.07) is 7.32. The van der Waals surface area contributed by atoms with Crippen molar-refractivity contribution in [3.05, 3.63) is 35.0 Å². The Balaban J connectivity index is 2.57. The number of nitrogens with zero attached hydrogens (tertiary/aromatic N) is 2. The van der Waals surface area contributed by atoms with Crippen LogP contribution in [0.15, 0.2) is 24.3 Å². The van der Waals surface area contributed by atoms with Crippen molar-refractivity contribution >= 4 is 23.4 Å². The van der Waals surface area contributed by atoms with E-state index in [4.69, 9.17) is 28.8 Å². The molecule has 0 unspecified atom stereocenters. The van der Waals surface area contributed by atoms with Crippen LogP contribution in [0.1, 0.15) is 5.69 Å². The third-order valence-electron chi connectivity index (χ3n) is 2.54. The number of hydrogen-bond acceptors (Lipinski definition) is 5. The Morgan fingerprint density at radius 2 is 1.72 bits per heavy atom. The van der Waals surface area contributed by atoms with Crippen molar-refractivity contribution < 1.29 is 0 Å². The maximum absolute atomic E-state index is 5.92. The highest BCUT2D eigenvalue weighted by Crippen LogP contribution is 2.29. The molecule has 1 aromatic carbocycles. The van der Waals surface area contributed by atoms with Gasteiger partial charge in [0.25, 0.3) is 0 Å². The standard InChI is InChI=1S/C12H14ClN5/c13-8-3-1-7(2-4-8)10-9(5-6-14)17-12(16)18-11(10)15/h1-4H,5-6,14H2,(H4,15,16,17,18). The Kier molecular flexibility index (Phi) is 3.64. The lowest BCUT2D eigenvalue weighted by Crippen LogP contribution is -2.11. The summed E-state index contributed by atoms with van der Waals surface area (Å²) in [6.07, 6.45) is 0.592. The highest BCUT2D eigenvalue weighted by molar-refractivity contribution is 6.30. The van der Waals surface area contributed by atoms with E-state index in [1.165, 1.54) is 0 Å². The fourth-order valence-electron chi connectivity index (χ4n) is 1.79. The molecular weight excluding hydrogens is 250 g/mol. The van der Waals surface area contributed by atoms with Crippen LogP contribution < -0.4 is 17.2 Å². The lowest BCUT2D eigenvalue weighted by Gasteiger charge is -2.11. The molecular formula is C12H14ClN5. The third-order valence-corrected chi connectivity index (χ3v) is 2.80. The van der Waals surface area contributed by atoms with Crippen molar-refractivity contribution in [3.8, 4) is 11.1 Å².